The molecule has 1 N–H and O–H groups in total. The van der Waals surface area contributed by atoms with Crippen LogP contribution in [-0.4, -0.2) is 25.1 Å². The van der Waals surface area contributed by atoms with Crippen LogP contribution in [-0.2, 0) is 6.54 Å². The summed E-state index contributed by atoms with van der Waals surface area (Å²) in [6.45, 7) is 0.151. The summed E-state index contributed by atoms with van der Waals surface area (Å²) in [7, 11) is 3.02. The lowest BCUT2D eigenvalue weighted by molar-refractivity contribution is -0.384. The molecule has 0 heterocycles. The number of rotatable bonds is 6. The lowest BCUT2D eigenvalue weighted by atomic mass is 10.1. The summed E-state index contributed by atoms with van der Waals surface area (Å²) >= 11 is 5.96. The SMILES string of the molecule is COc1cccc(CNC(=O)c2cc([N+](=O)[O-])ccc2Cl)c1OC. The number of ether oxygens (including phenoxy) is 2. The molecule has 0 aliphatic rings. The average molecular weight is 351 g/mol. The van der Waals surface area contributed by atoms with Gasteiger partial charge in [-0.25, -0.2) is 0 Å². The van der Waals surface area contributed by atoms with Gasteiger partial charge in [0.1, 0.15) is 0 Å². The van der Waals surface area contributed by atoms with Crippen LogP contribution >= 0.6 is 11.6 Å². The fraction of sp³-hybridized carbons (Fsp3) is 0.188. The van der Waals surface area contributed by atoms with E-state index in [4.69, 9.17) is 21.1 Å². The zero-order chi connectivity index (χ0) is 17.7. The van der Waals surface area contributed by atoms with Crippen LogP contribution in [0.4, 0.5) is 5.69 Å². The Balaban J connectivity index is 2.20. The van der Waals surface area contributed by atoms with E-state index in [0.717, 1.165) is 6.07 Å². The number of amides is 1. The smallest absolute Gasteiger partial charge is 0.270 e. The second-order valence-electron chi connectivity index (χ2n) is 4.76. The lowest BCUT2D eigenvalue weighted by Crippen LogP contribution is -2.23. The number of carbonyl (C=O) groups is 1. The molecular weight excluding hydrogens is 336 g/mol. The number of nitrogens with one attached hydrogen (secondary N) is 1. The number of benzene rings is 2. The van der Waals surface area contributed by atoms with Gasteiger partial charge in [-0.15, -0.1) is 0 Å². The molecule has 0 aliphatic heterocycles. The Morgan fingerprint density at radius 2 is 2.00 bits per heavy atom. The predicted octanol–water partition coefficient (Wildman–Crippen LogP) is 3.20. The lowest BCUT2D eigenvalue weighted by Gasteiger charge is -2.13. The summed E-state index contributed by atoms with van der Waals surface area (Å²) in [6.07, 6.45) is 0. The van der Waals surface area contributed by atoms with Crippen LogP contribution < -0.4 is 14.8 Å². The zero-order valence-corrected chi connectivity index (χ0v) is 13.8. The largest absolute Gasteiger partial charge is 0.493 e. The van der Waals surface area contributed by atoms with Gasteiger partial charge in [-0.3, -0.25) is 14.9 Å². The van der Waals surface area contributed by atoms with E-state index < -0.39 is 10.8 Å². The Morgan fingerprint density at radius 3 is 2.62 bits per heavy atom. The molecule has 0 fully saturated rings. The van der Waals surface area contributed by atoms with Crippen molar-refractivity contribution in [3.05, 3.63) is 62.7 Å². The summed E-state index contributed by atoms with van der Waals surface area (Å²) in [6, 6.07) is 8.98. The standard InChI is InChI=1S/C16H15ClN2O5/c1-23-14-5-3-4-10(15(14)24-2)9-18-16(20)12-8-11(19(21)22)6-7-13(12)17/h3-8H,9H2,1-2H3,(H,18,20). The van der Waals surface area contributed by atoms with Crippen molar-refractivity contribution in [2.24, 2.45) is 0 Å². The van der Waals surface area contributed by atoms with E-state index in [1.54, 1.807) is 18.2 Å². The molecule has 2 aromatic rings. The number of nitro benzene ring substituents is 1. The van der Waals surface area contributed by atoms with Crippen LogP contribution in [0.15, 0.2) is 36.4 Å². The maximum Gasteiger partial charge on any atom is 0.270 e. The van der Waals surface area contributed by atoms with E-state index >= 15 is 0 Å². The highest BCUT2D eigenvalue weighted by Gasteiger charge is 2.17. The molecule has 0 saturated carbocycles. The minimum Gasteiger partial charge on any atom is -0.493 e. The highest BCUT2D eigenvalue weighted by atomic mass is 35.5. The maximum atomic E-state index is 12.3. The van der Waals surface area contributed by atoms with Gasteiger partial charge in [0.15, 0.2) is 11.5 Å². The first kappa shape index (κ1) is 17.6. The van der Waals surface area contributed by atoms with Gasteiger partial charge < -0.3 is 14.8 Å². The topological polar surface area (TPSA) is 90.7 Å². The Hall–Kier alpha value is -2.80. The number of nitro groups is 1. The molecular formula is C16H15ClN2O5. The summed E-state index contributed by atoms with van der Waals surface area (Å²) in [4.78, 5) is 22.5. The fourth-order valence-electron chi connectivity index (χ4n) is 2.16. The predicted molar refractivity (Wildman–Crippen MR) is 88.8 cm³/mol. The van der Waals surface area contributed by atoms with Crippen molar-refractivity contribution in [2.45, 2.75) is 6.54 Å². The van der Waals surface area contributed by atoms with Gasteiger partial charge in [-0.1, -0.05) is 23.7 Å². The van der Waals surface area contributed by atoms with Crippen LogP contribution in [0.2, 0.25) is 5.02 Å². The Kier molecular flexibility index (Phi) is 5.59. The molecule has 0 saturated heterocycles. The number of carbonyl (C=O) groups excluding carboxylic acids is 1. The fourth-order valence-corrected chi connectivity index (χ4v) is 2.37. The number of hydrogen-bond donors (Lipinski definition) is 1. The van der Waals surface area contributed by atoms with Gasteiger partial charge in [0.05, 0.1) is 29.7 Å². The summed E-state index contributed by atoms with van der Waals surface area (Å²) in [5.74, 6) is 0.525. The maximum absolute atomic E-state index is 12.3. The van der Waals surface area contributed by atoms with Gasteiger partial charge >= 0.3 is 0 Å². The second-order valence-corrected chi connectivity index (χ2v) is 5.16. The van der Waals surface area contributed by atoms with Crippen LogP contribution in [0, 0.1) is 10.1 Å². The third kappa shape index (κ3) is 3.75. The van der Waals surface area contributed by atoms with Gasteiger partial charge in [-0.2, -0.15) is 0 Å². The summed E-state index contributed by atoms with van der Waals surface area (Å²) in [5, 5.41) is 13.6. The molecule has 1 amide bonds. The molecule has 2 aromatic carbocycles. The molecule has 8 heteroatoms. The first-order valence-electron chi connectivity index (χ1n) is 6.90. The molecule has 0 unspecified atom stereocenters. The molecule has 2 rings (SSSR count). The molecule has 0 radical (unpaired) electrons. The second kappa shape index (κ2) is 7.65. The normalized spacial score (nSPS) is 10.1. The Morgan fingerprint density at radius 1 is 1.25 bits per heavy atom. The van der Waals surface area contributed by atoms with Crippen molar-refractivity contribution < 1.29 is 19.2 Å². The van der Waals surface area contributed by atoms with Crippen molar-refractivity contribution >= 4 is 23.2 Å². The van der Waals surface area contributed by atoms with Gasteiger partial charge in [-0.05, 0) is 12.1 Å². The van der Waals surface area contributed by atoms with Crippen molar-refractivity contribution in [3.8, 4) is 11.5 Å². The monoisotopic (exact) mass is 350 g/mol. The number of non-ortho nitro benzene ring substituents is 1. The minimum absolute atomic E-state index is 0.0349. The number of halogens is 1. The number of nitrogens with zero attached hydrogens (tertiary/aromatic N) is 1. The van der Waals surface area contributed by atoms with E-state index in [0.29, 0.717) is 17.1 Å². The van der Waals surface area contributed by atoms with Gasteiger partial charge in [0.2, 0.25) is 0 Å². The Labute approximate surface area is 143 Å². The number of hydrogen-bond acceptors (Lipinski definition) is 5. The molecule has 0 aromatic heterocycles. The van der Waals surface area contributed by atoms with Crippen LogP contribution in [0.1, 0.15) is 15.9 Å². The quantitative estimate of drug-likeness (QED) is 0.638. The van der Waals surface area contributed by atoms with Crippen LogP contribution in [0.25, 0.3) is 0 Å². The highest BCUT2D eigenvalue weighted by molar-refractivity contribution is 6.33. The Bertz CT molecular complexity index is 779. The summed E-state index contributed by atoms with van der Waals surface area (Å²) < 4.78 is 10.5. The number of methoxy groups -OCH3 is 2. The van der Waals surface area contributed by atoms with Crippen molar-refractivity contribution in [2.75, 3.05) is 14.2 Å². The third-order valence-electron chi connectivity index (χ3n) is 3.33. The molecule has 0 aliphatic carbocycles. The van der Waals surface area contributed by atoms with Gasteiger partial charge in [0, 0.05) is 24.2 Å². The zero-order valence-electron chi connectivity index (χ0n) is 13.0. The first-order chi connectivity index (χ1) is 11.5. The van der Waals surface area contributed by atoms with Crippen molar-refractivity contribution in [3.63, 3.8) is 0 Å². The third-order valence-corrected chi connectivity index (χ3v) is 3.66. The summed E-state index contributed by atoms with van der Waals surface area (Å²) in [5.41, 5.74) is 0.531. The van der Waals surface area contributed by atoms with Crippen LogP contribution in [0.3, 0.4) is 0 Å². The molecule has 0 bridgehead atoms. The number of para-hydroxylation sites is 1. The molecule has 0 spiro atoms. The molecule has 7 nitrogen and oxygen atoms in total. The molecule has 0 atom stereocenters. The van der Waals surface area contributed by atoms with E-state index in [1.807, 2.05) is 0 Å². The highest BCUT2D eigenvalue weighted by Crippen LogP contribution is 2.30. The van der Waals surface area contributed by atoms with E-state index in [9.17, 15) is 14.9 Å². The van der Waals surface area contributed by atoms with Crippen LogP contribution in [0.5, 0.6) is 11.5 Å². The van der Waals surface area contributed by atoms with Gasteiger partial charge in [0.25, 0.3) is 11.6 Å². The van der Waals surface area contributed by atoms with Crippen molar-refractivity contribution in [1.29, 1.82) is 0 Å². The van der Waals surface area contributed by atoms with Crippen molar-refractivity contribution in [1.82, 2.24) is 5.32 Å². The average Bonchev–Trinajstić information content (AvgIpc) is 2.59. The molecule has 126 valence electrons. The molecule has 24 heavy (non-hydrogen) atoms. The van der Waals surface area contributed by atoms with E-state index in [1.165, 1.54) is 26.4 Å². The minimum atomic E-state index is -0.585. The first-order valence-corrected chi connectivity index (χ1v) is 7.27. The van der Waals surface area contributed by atoms with E-state index in [2.05, 4.69) is 5.32 Å². The van der Waals surface area contributed by atoms with E-state index in [-0.39, 0.29) is 22.8 Å².